The smallest absolute Gasteiger partial charge is 0.326 e. The summed E-state index contributed by atoms with van der Waals surface area (Å²) in [5, 5.41) is 13.4. The number of carbonyl (C=O) groups excluding carboxylic acids is 2. The minimum atomic E-state index is -1.10. The molecular weight excluding hydrogens is 226 g/mol. The average molecular weight is 245 g/mol. The fourth-order valence-electron chi connectivity index (χ4n) is 1.27. The van der Waals surface area contributed by atoms with Crippen LogP contribution in [0.2, 0.25) is 0 Å². The van der Waals surface area contributed by atoms with Crippen molar-refractivity contribution in [2.75, 3.05) is 0 Å². The van der Waals surface area contributed by atoms with E-state index in [0.717, 1.165) is 0 Å². The van der Waals surface area contributed by atoms with Crippen LogP contribution < -0.4 is 16.4 Å². The van der Waals surface area contributed by atoms with Crippen molar-refractivity contribution in [3.63, 3.8) is 0 Å². The number of nitrogens with two attached hydrogens (primary N) is 1. The van der Waals surface area contributed by atoms with Gasteiger partial charge in [-0.25, -0.2) is 9.59 Å². The molecular formula is C10H19N3O4. The summed E-state index contributed by atoms with van der Waals surface area (Å²) in [5.74, 6) is -1.54. The molecule has 0 fully saturated rings. The van der Waals surface area contributed by atoms with Crippen LogP contribution in [0.25, 0.3) is 0 Å². The summed E-state index contributed by atoms with van der Waals surface area (Å²) >= 11 is 0. The Kier molecular flexibility index (Phi) is 6.01. The van der Waals surface area contributed by atoms with Crippen LogP contribution in [0.15, 0.2) is 0 Å². The van der Waals surface area contributed by atoms with E-state index in [2.05, 4.69) is 10.6 Å². The third-order valence-corrected chi connectivity index (χ3v) is 2.07. The number of hydrogen-bond donors (Lipinski definition) is 4. The Balaban J connectivity index is 4.39. The normalized spacial score (nSPS) is 13.9. The fraction of sp³-hybridized carbons (Fsp3) is 0.700. The summed E-state index contributed by atoms with van der Waals surface area (Å²) in [5.41, 5.74) is 4.86. The number of carboxylic acid groups (broad SMARTS) is 1. The first-order valence-corrected chi connectivity index (χ1v) is 5.33. The van der Waals surface area contributed by atoms with Crippen molar-refractivity contribution in [3.8, 4) is 0 Å². The van der Waals surface area contributed by atoms with Crippen molar-refractivity contribution in [1.82, 2.24) is 10.6 Å². The molecule has 17 heavy (non-hydrogen) atoms. The molecule has 0 heterocycles. The molecule has 0 aliphatic heterocycles. The van der Waals surface area contributed by atoms with E-state index in [1.165, 1.54) is 6.92 Å². The van der Waals surface area contributed by atoms with Gasteiger partial charge in [0.25, 0.3) is 0 Å². The first kappa shape index (κ1) is 15.2. The van der Waals surface area contributed by atoms with Gasteiger partial charge in [-0.1, -0.05) is 13.8 Å². The van der Waals surface area contributed by atoms with E-state index < -0.39 is 30.0 Å². The van der Waals surface area contributed by atoms with Crippen LogP contribution in [-0.2, 0) is 9.59 Å². The number of hydrogen-bond acceptors (Lipinski definition) is 3. The first-order chi connectivity index (χ1) is 7.73. The topological polar surface area (TPSA) is 122 Å². The standard InChI is InChI=1S/C10H19N3O4/c1-5(2)4-7(9(15)16)13-8(14)6(3)12-10(11)17/h5-7H,4H2,1-3H3,(H,13,14)(H,15,16)(H3,11,12,17). The summed E-state index contributed by atoms with van der Waals surface area (Å²) < 4.78 is 0. The number of primary amides is 1. The monoisotopic (exact) mass is 245 g/mol. The number of amides is 3. The van der Waals surface area contributed by atoms with Crippen molar-refractivity contribution >= 4 is 17.9 Å². The largest absolute Gasteiger partial charge is 0.480 e. The molecule has 0 aliphatic carbocycles. The lowest BCUT2D eigenvalue weighted by atomic mass is 10.0. The quantitative estimate of drug-likeness (QED) is 0.511. The highest BCUT2D eigenvalue weighted by molar-refractivity contribution is 5.89. The third-order valence-electron chi connectivity index (χ3n) is 2.07. The second kappa shape index (κ2) is 6.72. The van der Waals surface area contributed by atoms with Gasteiger partial charge in [0.05, 0.1) is 0 Å². The molecule has 0 aromatic heterocycles. The van der Waals surface area contributed by atoms with E-state index >= 15 is 0 Å². The molecule has 0 saturated heterocycles. The van der Waals surface area contributed by atoms with Crippen LogP contribution in [0.1, 0.15) is 27.2 Å². The van der Waals surface area contributed by atoms with Crippen molar-refractivity contribution in [1.29, 1.82) is 0 Å². The Bertz CT molecular complexity index is 304. The third kappa shape index (κ3) is 6.39. The molecule has 7 nitrogen and oxygen atoms in total. The molecule has 0 rings (SSSR count). The molecule has 2 atom stereocenters. The van der Waals surface area contributed by atoms with E-state index in [9.17, 15) is 14.4 Å². The molecule has 0 aromatic rings. The van der Waals surface area contributed by atoms with Crippen LogP contribution in [0.5, 0.6) is 0 Å². The number of nitrogens with one attached hydrogen (secondary N) is 2. The van der Waals surface area contributed by atoms with Crippen molar-refractivity contribution in [2.24, 2.45) is 11.7 Å². The average Bonchev–Trinajstić information content (AvgIpc) is 2.14. The minimum Gasteiger partial charge on any atom is -0.480 e. The van der Waals surface area contributed by atoms with Crippen molar-refractivity contribution < 1.29 is 19.5 Å². The Labute approximate surface area is 99.7 Å². The predicted octanol–water partition coefficient (Wildman–Crippen LogP) is -0.341. The van der Waals surface area contributed by atoms with E-state index in [0.29, 0.717) is 6.42 Å². The summed E-state index contributed by atoms with van der Waals surface area (Å²) in [6.45, 7) is 5.13. The first-order valence-electron chi connectivity index (χ1n) is 5.33. The second-order valence-corrected chi connectivity index (χ2v) is 4.26. The van der Waals surface area contributed by atoms with Gasteiger partial charge in [-0.2, -0.15) is 0 Å². The Morgan fingerprint density at radius 3 is 2.06 bits per heavy atom. The summed E-state index contributed by atoms with van der Waals surface area (Å²) in [6, 6.07) is -2.65. The Morgan fingerprint density at radius 1 is 1.18 bits per heavy atom. The van der Waals surface area contributed by atoms with Crippen LogP contribution in [0.3, 0.4) is 0 Å². The van der Waals surface area contributed by atoms with E-state index in [-0.39, 0.29) is 5.92 Å². The molecule has 0 radical (unpaired) electrons. The summed E-state index contributed by atoms with van der Waals surface area (Å²) in [4.78, 5) is 32.9. The molecule has 0 spiro atoms. The lowest BCUT2D eigenvalue weighted by molar-refractivity contribution is -0.142. The summed E-state index contributed by atoms with van der Waals surface area (Å²) in [7, 11) is 0. The lowest BCUT2D eigenvalue weighted by Crippen LogP contribution is -2.51. The minimum absolute atomic E-state index is 0.135. The maximum Gasteiger partial charge on any atom is 0.326 e. The zero-order chi connectivity index (χ0) is 13.6. The highest BCUT2D eigenvalue weighted by Crippen LogP contribution is 2.05. The maximum absolute atomic E-state index is 11.5. The molecule has 0 aliphatic rings. The Hall–Kier alpha value is -1.79. The lowest BCUT2D eigenvalue weighted by Gasteiger charge is -2.19. The van der Waals surface area contributed by atoms with Gasteiger partial charge in [0.15, 0.2) is 0 Å². The van der Waals surface area contributed by atoms with Crippen LogP contribution in [0, 0.1) is 5.92 Å². The molecule has 0 bridgehead atoms. The van der Waals surface area contributed by atoms with E-state index in [4.69, 9.17) is 10.8 Å². The molecule has 5 N–H and O–H groups in total. The molecule has 98 valence electrons. The molecule has 7 heteroatoms. The van der Waals surface area contributed by atoms with Crippen LogP contribution in [-0.4, -0.2) is 35.1 Å². The highest BCUT2D eigenvalue weighted by atomic mass is 16.4. The molecule has 0 saturated carbocycles. The molecule has 3 amide bonds. The fourth-order valence-corrected chi connectivity index (χ4v) is 1.27. The second-order valence-electron chi connectivity index (χ2n) is 4.26. The van der Waals surface area contributed by atoms with Gasteiger partial charge in [-0.05, 0) is 19.3 Å². The predicted molar refractivity (Wildman–Crippen MR) is 61.2 cm³/mol. The van der Waals surface area contributed by atoms with Gasteiger partial charge in [0, 0.05) is 0 Å². The number of carbonyl (C=O) groups is 3. The van der Waals surface area contributed by atoms with Gasteiger partial charge in [-0.15, -0.1) is 0 Å². The van der Waals surface area contributed by atoms with Gasteiger partial charge in [0.1, 0.15) is 12.1 Å². The number of carboxylic acids is 1. The molecule has 2 unspecified atom stereocenters. The van der Waals surface area contributed by atoms with Crippen molar-refractivity contribution in [2.45, 2.75) is 39.3 Å². The van der Waals surface area contributed by atoms with E-state index in [1.54, 1.807) is 0 Å². The van der Waals surface area contributed by atoms with Crippen LogP contribution in [0.4, 0.5) is 4.79 Å². The highest BCUT2D eigenvalue weighted by Gasteiger charge is 2.23. The van der Waals surface area contributed by atoms with Gasteiger partial charge in [-0.3, -0.25) is 4.79 Å². The van der Waals surface area contributed by atoms with Crippen LogP contribution >= 0.6 is 0 Å². The Morgan fingerprint density at radius 2 is 1.71 bits per heavy atom. The number of aliphatic carboxylic acids is 1. The molecule has 0 aromatic carbocycles. The van der Waals surface area contributed by atoms with Gasteiger partial charge < -0.3 is 21.5 Å². The van der Waals surface area contributed by atoms with Crippen molar-refractivity contribution in [3.05, 3.63) is 0 Å². The maximum atomic E-state index is 11.5. The summed E-state index contributed by atoms with van der Waals surface area (Å²) in [6.07, 6.45) is 0.324. The number of urea groups is 1. The zero-order valence-corrected chi connectivity index (χ0v) is 10.2. The van der Waals surface area contributed by atoms with Gasteiger partial charge in [0.2, 0.25) is 5.91 Å². The zero-order valence-electron chi connectivity index (χ0n) is 10.2. The SMILES string of the molecule is CC(C)CC(NC(=O)C(C)NC(N)=O)C(=O)O. The van der Waals surface area contributed by atoms with E-state index in [1.807, 2.05) is 13.8 Å². The number of rotatable bonds is 6. The van der Waals surface area contributed by atoms with Gasteiger partial charge >= 0.3 is 12.0 Å².